The summed E-state index contributed by atoms with van der Waals surface area (Å²) >= 11 is 2.54. The summed E-state index contributed by atoms with van der Waals surface area (Å²) in [6, 6.07) is 5.27. The van der Waals surface area contributed by atoms with Crippen LogP contribution >= 0.6 is 35.3 Å². The SMILES string of the molecule is COC(=O)C1=C(C(=O)OC)SC2(S1)C(C(=O)OC)=C(C(=O)OC)SC1=C2c2ccc(C)cc2N(C(=O)CN2C(=O)CCC2=O)C1(C)C. The molecule has 16 heteroatoms. The highest BCUT2D eigenvalue weighted by atomic mass is 32.2. The average molecular weight is 703 g/mol. The number of amides is 3. The zero-order chi connectivity index (χ0) is 34.6. The van der Waals surface area contributed by atoms with Crippen LogP contribution in [0.25, 0.3) is 5.57 Å². The maximum absolute atomic E-state index is 14.2. The van der Waals surface area contributed by atoms with E-state index in [0.29, 0.717) is 21.7 Å². The van der Waals surface area contributed by atoms with E-state index in [4.69, 9.17) is 18.9 Å². The third kappa shape index (κ3) is 5.35. The van der Waals surface area contributed by atoms with Crippen molar-refractivity contribution in [2.45, 2.75) is 43.2 Å². The Morgan fingerprint density at radius 2 is 1.30 bits per heavy atom. The van der Waals surface area contributed by atoms with Gasteiger partial charge in [-0.25, -0.2) is 19.2 Å². The number of ether oxygens (including phenoxy) is 4. The molecule has 4 aliphatic heterocycles. The molecule has 3 amide bonds. The van der Waals surface area contributed by atoms with Crippen molar-refractivity contribution >= 4 is 88.1 Å². The molecule has 248 valence electrons. The Labute approximate surface area is 282 Å². The lowest BCUT2D eigenvalue weighted by Crippen LogP contribution is -2.56. The number of methoxy groups -OCH3 is 4. The molecule has 0 N–H and O–H groups in total. The second-order valence-electron chi connectivity index (χ2n) is 11.1. The highest BCUT2D eigenvalue weighted by molar-refractivity contribution is 8.26. The van der Waals surface area contributed by atoms with Crippen molar-refractivity contribution in [1.82, 2.24) is 4.90 Å². The van der Waals surface area contributed by atoms with E-state index in [9.17, 15) is 33.6 Å². The van der Waals surface area contributed by atoms with Crippen LogP contribution in [0.5, 0.6) is 0 Å². The van der Waals surface area contributed by atoms with Gasteiger partial charge in [-0.1, -0.05) is 47.4 Å². The third-order valence-electron chi connectivity index (χ3n) is 7.99. The van der Waals surface area contributed by atoms with Gasteiger partial charge in [-0.05, 0) is 32.4 Å². The number of carbonyl (C=O) groups is 7. The van der Waals surface area contributed by atoms with Crippen LogP contribution in [0.1, 0.15) is 37.8 Å². The first-order chi connectivity index (χ1) is 22.2. The zero-order valence-corrected chi connectivity index (χ0v) is 28.9. The van der Waals surface area contributed by atoms with Gasteiger partial charge in [0.05, 0.1) is 45.2 Å². The van der Waals surface area contributed by atoms with E-state index >= 15 is 0 Å². The summed E-state index contributed by atoms with van der Waals surface area (Å²) in [4.78, 5) is 95.0. The topological polar surface area (TPSA) is 163 Å². The van der Waals surface area contributed by atoms with Crippen LogP contribution in [0.2, 0.25) is 0 Å². The van der Waals surface area contributed by atoms with E-state index in [1.54, 1.807) is 32.0 Å². The lowest BCUT2D eigenvalue weighted by atomic mass is 9.83. The lowest BCUT2D eigenvalue weighted by molar-refractivity contribution is -0.142. The number of anilines is 1. The average Bonchev–Trinajstić information content (AvgIpc) is 3.58. The van der Waals surface area contributed by atoms with Crippen molar-refractivity contribution in [1.29, 1.82) is 0 Å². The fourth-order valence-electron chi connectivity index (χ4n) is 5.88. The normalized spacial score (nSPS) is 19.6. The molecule has 4 aliphatic rings. The third-order valence-corrected chi connectivity index (χ3v) is 12.6. The second-order valence-corrected chi connectivity index (χ2v) is 14.9. The standard InChI is InChI=1S/C31H30N2O11S3/c1-14-8-9-15-16(12-14)33(19(36)13-32-17(34)10-11-18(32)35)30(2,3)25-20(15)31(21(26(37)41-4)22(45-25)27(38)42-5)46-23(28(39)43-6)24(47-31)29(40)44-7/h8-9,12H,10-11,13H2,1-7H3. The number of hydrogen-bond donors (Lipinski definition) is 0. The molecule has 4 heterocycles. The first-order valence-electron chi connectivity index (χ1n) is 14.1. The number of benzene rings is 1. The highest BCUT2D eigenvalue weighted by Crippen LogP contribution is 2.71. The molecule has 13 nitrogen and oxygen atoms in total. The molecule has 1 aromatic rings. The largest absolute Gasteiger partial charge is 0.466 e. The molecular formula is C31H30N2O11S3. The summed E-state index contributed by atoms with van der Waals surface area (Å²) in [5, 5.41) is 0. The number of likely N-dealkylation sites (tertiary alicyclic amines) is 1. The number of carbonyl (C=O) groups excluding carboxylic acids is 7. The molecule has 0 aliphatic carbocycles. The summed E-state index contributed by atoms with van der Waals surface area (Å²) in [5.41, 5.74) is 0.519. The molecule has 0 aromatic heterocycles. The Morgan fingerprint density at radius 3 is 1.81 bits per heavy atom. The van der Waals surface area contributed by atoms with Gasteiger partial charge in [0.15, 0.2) is 0 Å². The van der Waals surface area contributed by atoms with Crippen molar-refractivity contribution < 1.29 is 52.5 Å². The Kier molecular flexibility index (Phi) is 9.16. The summed E-state index contributed by atoms with van der Waals surface area (Å²) in [7, 11) is 4.55. The number of imide groups is 1. The molecule has 1 aromatic carbocycles. The Balaban J connectivity index is 1.83. The van der Waals surface area contributed by atoms with Gasteiger partial charge < -0.3 is 23.8 Å². The van der Waals surface area contributed by atoms with Gasteiger partial charge in [-0.2, -0.15) is 0 Å². The molecular weight excluding hydrogens is 673 g/mol. The minimum atomic E-state index is -1.72. The molecule has 0 unspecified atom stereocenters. The fraction of sp³-hybridized carbons (Fsp3) is 0.387. The molecule has 47 heavy (non-hydrogen) atoms. The Bertz CT molecular complexity index is 1730. The van der Waals surface area contributed by atoms with Gasteiger partial charge in [0.1, 0.15) is 25.3 Å². The molecule has 0 atom stereocenters. The summed E-state index contributed by atoms with van der Waals surface area (Å²) in [6.45, 7) is 4.75. The molecule has 0 radical (unpaired) electrons. The minimum absolute atomic E-state index is 0.00889. The van der Waals surface area contributed by atoms with Crippen LogP contribution in [-0.2, 0) is 52.5 Å². The van der Waals surface area contributed by atoms with Crippen molar-refractivity contribution in [3.63, 3.8) is 0 Å². The number of aryl methyl sites for hydroxylation is 1. The number of esters is 4. The van der Waals surface area contributed by atoms with Crippen LogP contribution in [0.3, 0.4) is 0 Å². The van der Waals surface area contributed by atoms with E-state index in [1.807, 2.05) is 6.92 Å². The predicted octanol–water partition coefficient (Wildman–Crippen LogP) is 3.06. The predicted molar refractivity (Wildman–Crippen MR) is 173 cm³/mol. The second kappa shape index (κ2) is 12.5. The molecule has 0 saturated carbocycles. The maximum Gasteiger partial charge on any atom is 0.345 e. The van der Waals surface area contributed by atoms with Crippen molar-refractivity contribution in [2.75, 3.05) is 39.9 Å². The molecule has 1 spiro atoms. The Morgan fingerprint density at radius 1 is 0.787 bits per heavy atom. The minimum Gasteiger partial charge on any atom is -0.466 e. The van der Waals surface area contributed by atoms with Crippen molar-refractivity contribution in [3.8, 4) is 0 Å². The summed E-state index contributed by atoms with van der Waals surface area (Å²) < 4.78 is 18.6. The van der Waals surface area contributed by atoms with E-state index in [0.717, 1.165) is 74.2 Å². The van der Waals surface area contributed by atoms with Gasteiger partial charge in [0.2, 0.25) is 17.7 Å². The number of thioether (sulfide) groups is 3. The number of fused-ring (bicyclic) bond motifs is 3. The molecule has 5 rings (SSSR count). The zero-order valence-electron chi connectivity index (χ0n) is 26.5. The Hall–Kier alpha value is -4.02. The quantitative estimate of drug-likeness (QED) is 0.241. The van der Waals surface area contributed by atoms with Gasteiger partial charge in [0, 0.05) is 28.9 Å². The highest BCUT2D eigenvalue weighted by Gasteiger charge is 2.62. The number of rotatable bonds is 6. The molecule has 0 bridgehead atoms. The van der Waals surface area contributed by atoms with Gasteiger partial charge in [0.25, 0.3) is 0 Å². The first kappa shape index (κ1) is 34.3. The summed E-state index contributed by atoms with van der Waals surface area (Å²) in [6.07, 6.45) is 0.0178. The fourth-order valence-corrected chi connectivity index (χ4v) is 10.9. The van der Waals surface area contributed by atoms with Crippen molar-refractivity contribution in [3.05, 3.63) is 54.5 Å². The van der Waals surface area contributed by atoms with E-state index in [1.165, 1.54) is 4.90 Å². The number of nitrogens with zero attached hydrogens (tertiary/aromatic N) is 2. The lowest BCUT2D eigenvalue weighted by Gasteiger charge is -2.51. The van der Waals surface area contributed by atoms with E-state index < -0.39 is 57.8 Å². The smallest absolute Gasteiger partial charge is 0.345 e. The molecule has 1 saturated heterocycles. The van der Waals surface area contributed by atoms with E-state index in [-0.39, 0.29) is 33.1 Å². The van der Waals surface area contributed by atoms with E-state index in [2.05, 4.69) is 0 Å². The maximum atomic E-state index is 14.2. The van der Waals surface area contributed by atoms with Crippen LogP contribution in [0, 0.1) is 6.92 Å². The van der Waals surface area contributed by atoms with Gasteiger partial charge in [-0.3, -0.25) is 19.3 Å². The van der Waals surface area contributed by atoms with Crippen LogP contribution < -0.4 is 4.90 Å². The number of hydrogen-bond acceptors (Lipinski definition) is 14. The van der Waals surface area contributed by atoms with Crippen LogP contribution in [0.4, 0.5) is 5.69 Å². The summed E-state index contributed by atoms with van der Waals surface area (Å²) in [5.74, 6) is -5.05. The van der Waals surface area contributed by atoms with Crippen LogP contribution in [-0.4, -0.2) is 91.1 Å². The monoisotopic (exact) mass is 702 g/mol. The van der Waals surface area contributed by atoms with Gasteiger partial charge >= 0.3 is 23.9 Å². The first-order valence-corrected chi connectivity index (χ1v) is 16.5. The van der Waals surface area contributed by atoms with Crippen LogP contribution in [0.15, 0.2) is 43.4 Å². The molecule has 1 fully saturated rings. The van der Waals surface area contributed by atoms with Gasteiger partial charge in [-0.15, -0.1) is 0 Å². The van der Waals surface area contributed by atoms with Crippen molar-refractivity contribution in [2.24, 2.45) is 0 Å².